The fourth-order valence-corrected chi connectivity index (χ4v) is 3.69. The Morgan fingerprint density at radius 3 is 2.81 bits per heavy atom. The van der Waals surface area contributed by atoms with Gasteiger partial charge in [0.15, 0.2) is 0 Å². The van der Waals surface area contributed by atoms with Crippen LogP contribution in [0.2, 0.25) is 0 Å². The first kappa shape index (κ1) is 14.9. The predicted molar refractivity (Wildman–Crippen MR) is 89.3 cm³/mol. The van der Waals surface area contributed by atoms with E-state index in [1.54, 1.807) is 0 Å². The van der Waals surface area contributed by atoms with Crippen molar-refractivity contribution in [1.29, 1.82) is 0 Å². The summed E-state index contributed by atoms with van der Waals surface area (Å²) < 4.78 is 1.05. The maximum Gasteiger partial charge on any atom is 0.0761 e. The SMILES string of the molecule is OCC(NC1CCCCC1)c1ccc(Br)c2cccnc12. The monoisotopic (exact) mass is 348 g/mol. The molecule has 0 radical (unpaired) electrons. The summed E-state index contributed by atoms with van der Waals surface area (Å²) in [5, 5.41) is 14.6. The highest BCUT2D eigenvalue weighted by Gasteiger charge is 2.21. The average molecular weight is 349 g/mol. The van der Waals surface area contributed by atoms with Crippen LogP contribution >= 0.6 is 15.9 Å². The smallest absolute Gasteiger partial charge is 0.0761 e. The van der Waals surface area contributed by atoms with Gasteiger partial charge in [0.2, 0.25) is 0 Å². The van der Waals surface area contributed by atoms with E-state index in [-0.39, 0.29) is 12.6 Å². The molecule has 21 heavy (non-hydrogen) atoms. The molecular weight excluding hydrogens is 328 g/mol. The van der Waals surface area contributed by atoms with E-state index in [4.69, 9.17) is 0 Å². The van der Waals surface area contributed by atoms with Crippen molar-refractivity contribution in [2.24, 2.45) is 0 Å². The first-order valence-electron chi connectivity index (χ1n) is 7.69. The van der Waals surface area contributed by atoms with E-state index in [9.17, 15) is 5.11 Å². The van der Waals surface area contributed by atoms with Gasteiger partial charge >= 0.3 is 0 Å². The summed E-state index contributed by atoms with van der Waals surface area (Å²) in [4.78, 5) is 4.52. The van der Waals surface area contributed by atoms with Crippen LogP contribution in [0.25, 0.3) is 10.9 Å². The molecular formula is C17H21BrN2O. The second-order valence-corrected chi connectivity index (χ2v) is 6.63. The number of hydrogen-bond acceptors (Lipinski definition) is 3. The number of benzene rings is 1. The molecule has 4 heteroatoms. The molecule has 1 aromatic heterocycles. The Bertz CT molecular complexity index is 611. The van der Waals surface area contributed by atoms with Crippen LogP contribution < -0.4 is 5.32 Å². The lowest BCUT2D eigenvalue weighted by Gasteiger charge is -2.28. The van der Waals surface area contributed by atoms with Crippen LogP contribution in [0.5, 0.6) is 0 Å². The van der Waals surface area contributed by atoms with Crippen molar-refractivity contribution >= 4 is 26.8 Å². The lowest BCUT2D eigenvalue weighted by atomic mass is 9.93. The van der Waals surface area contributed by atoms with Crippen LogP contribution in [0.3, 0.4) is 0 Å². The quantitative estimate of drug-likeness (QED) is 0.879. The number of aliphatic hydroxyl groups is 1. The molecule has 1 atom stereocenters. The fourth-order valence-electron chi connectivity index (χ4n) is 3.24. The third kappa shape index (κ3) is 3.28. The van der Waals surface area contributed by atoms with E-state index in [2.05, 4.69) is 38.4 Å². The molecule has 0 aliphatic heterocycles. The molecule has 0 bridgehead atoms. The van der Waals surface area contributed by atoms with E-state index in [0.29, 0.717) is 6.04 Å². The number of aliphatic hydroxyl groups excluding tert-OH is 1. The van der Waals surface area contributed by atoms with Gasteiger partial charge in [-0.05, 0) is 30.5 Å². The van der Waals surface area contributed by atoms with Crippen LogP contribution in [0.15, 0.2) is 34.9 Å². The van der Waals surface area contributed by atoms with Gasteiger partial charge in [-0.25, -0.2) is 0 Å². The average Bonchev–Trinajstić information content (AvgIpc) is 2.55. The summed E-state index contributed by atoms with van der Waals surface area (Å²) in [6.45, 7) is 0.101. The van der Waals surface area contributed by atoms with Gasteiger partial charge in [-0.1, -0.05) is 47.3 Å². The normalized spacial score (nSPS) is 18.0. The molecule has 2 N–H and O–H groups in total. The zero-order chi connectivity index (χ0) is 14.7. The Hall–Kier alpha value is -0.970. The minimum absolute atomic E-state index is 0.0430. The summed E-state index contributed by atoms with van der Waals surface area (Å²) >= 11 is 3.58. The van der Waals surface area contributed by atoms with Crippen LogP contribution in [0, 0.1) is 0 Å². The van der Waals surface area contributed by atoms with Gasteiger partial charge in [0, 0.05) is 22.1 Å². The molecule has 1 aliphatic carbocycles. The highest BCUT2D eigenvalue weighted by molar-refractivity contribution is 9.10. The number of pyridine rings is 1. The molecule has 1 heterocycles. The predicted octanol–water partition coefficient (Wildman–Crippen LogP) is 3.95. The Morgan fingerprint density at radius 1 is 1.24 bits per heavy atom. The van der Waals surface area contributed by atoms with Crippen LogP contribution in [-0.4, -0.2) is 22.7 Å². The van der Waals surface area contributed by atoms with E-state index < -0.39 is 0 Å². The van der Waals surface area contributed by atoms with Crippen LogP contribution in [0.4, 0.5) is 0 Å². The van der Waals surface area contributed by atoms with Gasteiger partial charge in [0.25, 0.3) is 0 Å². The Labute approximate surface area is 133 Å². The van der Waals surface area contributed by atoms with Gasteiger partial charge in [-0.2, -0.15) is 0 Å². The molecule has 0 saturated heterocycles. The molecule has 1 aromatic carbocycles. The first-order valence-corrected chi connectivity index (χ1v) is 8.49. The summed E-state index contributed by atoms with van der Waals surface area (Å²) in [6.07, 6.45) is 8.14. The van der Waals surface area contributed by atoms with Crippen molar-refractivity contribution in [3.63, 3.8) is 0 Å². The Balaban J connectivity index is 1.91. The lowest BCUT2D eigenvalue weighted by Crippen LogP contribution is -2.36. The Kier molecular flexibility index (Phi) is 4.88. The molecule has 1 fully saturated rings. The largest absolute Gasteiger partial charge is 0.394 e. The summed E-state index contributed by atoms with van der Waals surface area (Å²) in [7, 11) is 0. The number of hydrogen-bond donors (Lipinski definition) is 2. The molecule has 1 saturated carbocycles. The van der Waals surface area contributed by atoms with Gasteiger partial charge in [0.05, 0.1) is 18.2 Å². The molecule has 3 nitrogen and oxygen atoms in total. The van der Waals surface area contributed by atoms with Crippen molar-refractivity contribution in [2.75, 3.05) is 6.61 Å². The highest BCUT2D eigenvalue weighted by Crippen LogP contribution is 2.30. The van der Waals surface area contributed by atoms with Gasteiger partial charge in [-0.15, -0.1) is 0 Å². The molecule has 1 unspecified atom stereocenters. The maximum atomic E-state index is 9.84. The number of nitrogens with one attached hydrogen (secondary N) is 1. The number of halogens is 1. The first-order chi connectivity index (χ1) is 10.3. The zero-order valence-electron chi connectivity index (χ0n) is 12.1. The van der Waals surface area contributed by atoms with Gasteiger partial charge < -0.3 is 10.4 Å². The van der Waals surface area contributed by atoms with Crippen LogP contribution in [-0.2, 0) is 0 Å². The molecule has 112 valence electrons. The summed E-state index contributed by atoms with van der Waals surface area (Å²) in [5.74, 6) is 0. The van der Waals surface area contributed by atoms with Crippen molar-refractivity contribution in [3.05, 3.63) is 40.5 Å². The number of rotatable bonds is 4. The van der Waals surface area contributed by atoms with Crippen LogP contribution in [0.1, 0.15) is 43.7 Å². The minimum Gasteiger partial charge on any atom is -0.394 e. The van der Waals surface area contributed by atoms with E-state index >= 15 is 0 Å². The summed E-state index contributed by atoms with van der Waals surface area (Å²) in [5.41, 5.74) is 2.05. The number of aromatic nitrogens is 1. The van der Waals surface area contributed by atoms with Crippen molar-refractivity contribution in [3.8, 4) is 0 Å². The van der Waals surface area contributed by atoms with E-state index in [0.717, 1.165) is 20.9 Å². The molecule has 2 aromatic rings. The second kappa shape index (κ2) is 6.86. The van der Waals surface area contributed by atoms with Crippen molar-refractivity contribution in [1.82, 2.24) is 10.3 Å². The topological polar surface area (TPSA) is 45.1 Å². The molecule has 0 spiro atoms. The van der Waals surface area contributed by atoms with E-state index in [1.165, 1.54) is 32.1 Å². The molecule has 3 rings (SSSR count). The highest BCUT2D eigenvalue weighted by atomic mass is 79.9. The minimum atomic E-state index is -0.0430. The number of fused-ring (bicyclic) bond motifs is 1. The molecule has 0 amide bonds. The fraction of sp³-hybridized carbons (Fsp3) is 0.471. The van der Waals surface area contributed by atoms with Crippen molar-refractivity contribution in [2.45, 2.75) is 44.2 Å². The molecule has 1 aliphatic rings. The van der Waals surface area contributed by atoms with Gasteiger partial charge in [-0.3, -0.25) is 4.98 Å². The standard InChI is InChI=1S/C17H21BrN2O/c18-15-9-8-14(17-13(15)7-4-10-19-17)16(11-21)20-12-5-2-1-3-6-12/h4,7-10,12,16,20-21H,1-3,5-6,11H2. The van der Waals surface area contributed by atoms with Gasteiger partial charge in [0.1, 0.15) is 0 Å². The summed E-state index contributed by atoms with van der Waals surface area (Å²) in [6, 6.07) is 8.59. The lowest BCUT2D eigenvalue weighted by molar-refractivity contribution is 0.221. The third-order valence-electron chi connectivity index (χ3n) is 4.35. The zero-order valence-corrected chi connectivity index (χ0v) is 13.6. The van der Waals surface area contributed by atoms with Crippen molar-refractivity contribution < 1.29 is 5.11 Å². The maximum absolute atomic E-state index is 9.84. The van der Waals surface area contributed by atoms with E-state index in [1.807, 2.05) is 18.3 Å². The third-order valence-corrected chi connectivity index (χ3v) is 5.04. The number of nitrogens with zero attached hydrogens (tertiary/aromatic N) is 1. The second-order valence-electron chi connectivity index (χ2n) is 5.77. The Morgan fingerprint density at radius 2 is 2.05 bits per heavy atom.